The Morgan fingerprint density at radius 3 is 2.65 bits per heavy atom. The fourth-order valence-corrected chi connectivity index (χ4v) is 2.54. The van der Waals surface area contributed by atoms with Gasteiger partial charge in [-0.2, -0.15) is 0 Å². The van der Waals surface area contributed by atoms with Crippen LogP contribution < -0.4 is 5.73 Å². The molecule has 2 rings (SSSR count). The first-order valence-corrected chi connectivity index (χ1v) is 6.52. The van der Waals surface area contributed by atoms with E-state index >= 15 is 0 Å². The summed E-state index contributed by atoms with van der Waals surface area (Å²) in [6.45, 7) is 5.63. The number of aryl methyl sites for hydroxylation is 2. The van der Waals surface area contributed by atoms with Crippen molar-refractivity contribution < 1.29 is 4.74 Å². The van der Waals surface area contributed by atoms with Gasteiger partial charge in [-0.25, -0.2) is 0 Å². The van der Waals surface area contributed by atoms with E-state index in [9.17, 15) is 0 Å². The summed E-state index contributed by atoms with van der Waals surface area (Å²) in [5.74, 6) is 0. The van der Waals surface area contributed by atoms with Gasteiger partial charge in [0.05, 0.1) is 13.2 Å². The van der Waals surface area contributed by atoms with Gasteiger partial charge >= 0.3 is 0 Å². The summed E-state index contributed by atoms with van der Waals surface area (Å²) in [6, 6.07) is 6.50. The maximum Gasteiger partial charge on any atom is 0.0720 e. The number of rotatable bonds is 4. The van der Waals surface area contributed by atoms with Crippen molar-refractivity contribution in [1.29, 1.82) is 0 Å². The van der Waals surface area contributed by atoms with Gasteiger partial charge in [0.15, 0.2) is 0 Å². The van der Waals surface area contributed by atoms with Crippen LogP contribution in [0.15, 0.2) is 18.2 Å². The Morgan fingerprint density at radius 1 is 1.24 bits per heavy atom. The van der Waals surface area contributed by atoms with Gasteiger partial charge in [-0.1, -0.05) is 36.6 Å². The molecule has 0 atom stereocenters. The molecule has 0 heterocycles. The number of hydrogen-bond acceptors (Lipinski definition) is 2. The quantitative estimate of drug-likeness (QED) is 0.867. The zero-order valence-corrected chi connectivity index (χ0v) is 11.0. The average Bonchev–Trinajstić information content (AvgIpc) is 2.71. The molecule has 2 heteroatoms. The molecule has 0 aromatic heterocycles. The molecule has 1 aromatic rings. The Morgan fingerprint density at radius 2 is 1.94 bits per heavy atom. The molecule has 1 saturated carbocycles. The highest BCUT2D eigenvalue weighted by atomic mass is 16.5. The number of hydrogen-bond donors (Lipinski definition) is 1. The Bertz CT molecular complexity index is 381. The maximum absolute atomic E-state index is 6.27. The summed E-state index contributed by atoms with van der Waals surface area (Å²) in [5, 5.41) is 0. The summed E-state index contributed by atoms with van der Waals surface area (Å²) in [5.41, 5.74) is 10.1. The van der Waals surface area contributed by atoms with Crippen molar-refractivity contribution in [2.45, 2.75) is 51.7 Å². The molecule has 17 heavy (non-hydrogen) atoms. The molecule has 94 valence electrons. The SMILES string of the molecule is Cc1ccc(C)c(COCC2(N)CCCC2)c1. The van der Waals surface area contributed by atoms with Gasteiger partial charge in [0.2, 0.25) is 0 Å². The van der Waals surface area contributed by atoms with Gasteiger partial charge < -0.3 is 10.5 Å². The summed E-state index contributed by atoms with van der Waals surface area (Å²) in [4.78, 5) is 0. The molecule has 0 unspecified atom stereocenters. The normalized spacial score (nSPS) is 18.5. The van der Waals surface area contributed by atoms with Gasteiger partial charge in [0.25, 0.3) is 0 Å². The largest absolute Gasteiger partial charge is 0.375 e. The Kier molecular flexibility index (Phi) is 3.85. The molecular formula is C15H23NO. The second-order valence-electron chi connectivity index (χ2n) is 5.49. The molecule has 0 saturated heterocycles. The fraction of sp³-hybridized carbons (Fsp3) is 0.600. The van der Waals surface area contributed by atoms with Gasteiger partial charge in [-0.3, -0.25) is 0 Å². The molecular weight excluding hydrogens is 210 g/mol. The summed E-state index contributed by atoms with van der Waals surface area (Å²) in [6.07, 6.45) is 4.73. The molecule has 1 aliphatic rings. The predicted octanol–water partition coefficient (Wildman–Crippen LogP) is 3.09. The lowest BCUT2D eigenvalue weighted by atomic mass is 10.0. The minimum atomic E-state index is -0.0578. The van der Waals surface area contributed by atoms with Crippen molar-refractivity contribution in [2.24, 2.45) is 5.73 Å². The number of benzene rings is 1. The van der Waals surface area contributed by atoms with Crippen LogP contribution >= 0.6 is 0 Å². The topological polar surface area (TPSA) is 35.2 Å². The molecule has 0 spiro atoms. The van der Waals surface area contributed by atoms with Crippen LogP contribution in [-0.2, 0) is 11.3 Å². The van der Waals surface area contributed by atoms with Gasteiger partial charge in [-0.05, 0) is 37.8 Å². The average molecular weight is 233 g/mol. The van der Waals surface area contributed by atoms with E-state index in [2.05, 4.69) is 32.0 Å². The minimum absolute atomic E-state index is 0.0578. The van der Waals surface area contributed by atoms with Gasteiger partial charge in [0.1, 0.15) is 0 Å². The highest BCUT2D eigenvalue weighted by molar-refractivity contribution is 5.29. The molecule has 1 aromatic carbocycles. The van der Waals surface area contributed by atoms with E-state index in [0.717, 1.165) is 12.8 Å². The van der Waals surface area contributed by atoms with Crippen LogP contribution in [0.1, 0.15) is 42.4 Å². The summed E-state index contributed by atoms with van der Waals surface area (Å²) >= 11 is 0. The van der Waals surface area contributed by atoms with E-state index < -0.39 is 0 Å². The van der Waals surface area contributed by atoms with E-state index in [0.29, 0.717) is 13.2 Å². The van der Waals surface area contributed by atoms with Crippen LogP contribution in [0, 0.1) is 13.8 Å². The third-order valence-corrected chi connectivity index (χ3v) is 3.75. The molecule has 0 amide bonds. The Labute approximate surface area is 104 Å². The van der Waals surface area contributed by atoms with Crippen molar-refractivity contribution >= 4 is 0 Å². The lowest BCUT2D eigenvalue weighted by Gasteiger charge is -2.23. The fourth-order valence-electron chi connectivity index (χ4n) is 2.54. The smallest absolute Gasteiger partial charge is 0.0720 e. The van der Waals surface area contributed by atoms with Crippen molar-refractivity contribution in [3.05, 3.63) is 34.9 Å². The first-order valence-electron chi connectivity index (χ1n) is 6.52. The molecule has 2 N–H and O–H groups in total. The molecule has 0 radical (unpaired) electrons. The Balaban J connectivity index is 1.87. The van der Waals surface area contributed by atoms with Crippen LogP contribution in [0.2, 0.25) is 0 Å². The monoisotopic (exact) mass is 233 g/mol. The van der Waals surface area contributed by atoms with Crippen LogP contribution in [0.25, 0.3) is 0 Å². The third-order valence-electron chi connectivity index (χ3n) is 3.75. The Hall–Kier alpha value is -0.860. The van der Waals surface area contributed by atoms with Crippen LogP contribution in [-0.4, -0.2) is 12.1 Å². The number of nitrogens with two attached hydrogens (primary N) is 1. The van der Waals surface area contributed by atoms with Crippen LogP contribution in [0.5, 0.6) is 0 Å². The first-order chi connectivity index (χ1) is 8.09. The summed E-state index contributed by atoms with van der Waals surface area (Å²) < 4.78 is 5.82. The van der Waals surface area contributed by atoms with Crippen LogP contribution in [0.4, 0.5) is 0 Å². The van der Waals surface area contributed by atoms with Crippen molar-refractivity contribution in [3.8, 4) is 0 Å². The zero-order chi connectivity index (χ0) is 12.3. The zero-order valence-electron chi connectivity index (χ0n) is 11.0. The summed E-state index contributed by atoms with van der Waals surface area (Å²) in [7, 11) is 0. The standard InChI is InChI=1S/C15H23NO/c1-12-5-6-13(2)14(9-12)10-17-11-15(16)7-3-4-8-15/h5-6,9H,3-4,7-8,10-11,16H2,1-2H3. The lowest BCUT2D eigenvalue weighted by Crippen LogP contribution is -2.41. The third kappa shape index (κ3) is 3.30. The highest BCUT2D eigenvalue weighted by Crippen LogP contribution is 2.27. The van der Waals surface area contributed by atoms with E-state index in [-0.39, 0.29) is 5.54 Å². The molecule has 0 bridgehead atoms. The molecule has 0 aliphatic heterocycles. The van der Waals surface area contributed by atoms with Crippen molar-refractivity contribution in [1.82, 2.24) is 0 Å². The van der Waals surface area contributed by atoms with Crippen LogP contribution in [0.3, 0.4) is 0 Å². The highest BCUT2D eigenvalue weighted by Gasteiger charge is 2.29. The van der Waals surface area contributed by atoms with Gasteiger partial charge in [0, 0.05) is 5.54 Å². The van der Waals surface area contributed by atoms with E-state index in [1.54, 1.807) is 0 Å². The second-order valence-corrected chi connectivity index (χ2v) is 5.49. The maximum atomic E-state index is 6.27. The molecule has 1 aliphatic carbocycles. The number of ether oxygens (including phenoxy) is 1. The van der Waals surface area contributed by atoms with E-state index in [1.165, 1.54) is 29.5 Å². The molecule has 2 nitrogen and oxygen atoms in total. The van der Waals surface area contributed by atoms with Crippen molar-refractivity contribution in [2.75, 3.05) is 6.61 Å². The molecule has 1 fully saturated rings. The second kappa shape index (κ2) is 5.19. The van der Waals surface area contributed by atoms with E-state index in [4.69, 9.17) is 10.5 Å². The lowest BCUT2D eigenvalue weighted by molar-refractivity contribution is 0.0748. The predicted molar refractivity (Wildman–Crippen MR) is 71.0 cm³/mol. The van der Waals surface area contributed by atoms with Crippen molar-refractivity contribution in [3.63, 3.8) is 0 Å². The van der Waals surface area contributed by atoms with Gasteiger partial charge in [-0.15, -0.1) is 0 Å². The van der Waals surface area contributed by atoms with E-state index in [1.807, 2.05) is 0 Å². The minimum Gasteiger partial charge on any atom is -0.375 e. The first kappa shape index (κ1) is 12.6.